The first-order valence-electron chi connectivity index (χ1n) is 5.07. The van der Waals surface area contributed by atoms with Crippen LogP contribution in [0.5, 0.6) is 5.88 Å². The van der Waals surface area contributed by atoms with Gasteiger partial charge < -0.3 is 10.1 Å². The van der Waals surface area contributed by atoms with E-state index in [1.165, 1.54) is 7.11 Å². The highest BCUT2D eigenvalue weighted by molar-refractivity contribution is 6.00. The Labute approximate surface area is 88.7 Å². The van der Waals surface area contributed by atoms with Crippen LogP contribution in [-0.4, -0.2) is 31.0 Å². The van der Waals surface area contributed by atoms with Gasteiger partial charge in [0.25, 0.3) is 0 Å². The third kappa shape index (κ3) is 1.99. The molecule has 4 heteroatoms. The molecule has 1 aliphatic rings. The summed E-state index contributed by atoms with van der Waals surface area (Å²) in [6.45, 7) is 1.68. The molecule has 1 unspecified atom stereocenters. The van der Waals surface area contributed by atoms with Crippen molar-refractivity contribution in [2.75, 3.05) is 20.2 Å². The van der Waals surface area contributed by atoms with Crippen molar-refractivity contribution in [2.45, 2.75) is 6.42 Å². The molecule has 1 fully saturated rings. The molecule has 1 atom stereocenters. The molecule has 0 amide bonds. The van der Waals surface area contributed by atoms with Crippen LogP contribution in [0.2, 0.25) is 0 Å². The number of pyridine rings is 1. The number of ketones is 1. The molecular weight excluding hydrogens is 192 g/mol. The van der Waals surface area contributed by atoms with Gasteiger partial charge in [-0.25, -0.2) is 4.98 Å². The summed E-state index contributed by atoms with van der Waals surface area (Å²) in [5.74, 6) is 0.627. The van der Waals surface area contributed by atoms with E-state index in [1.54, 1.807) is 18.3 Å². The standard InChI is InChI=1S/C11H14N2O2/c1-15-11-9(3-2-5-13-11)10(14)8-4-6-12-7-8/h2-3,5,8,12H,4,6-7H2,1H3. The molecule has 0 aliphatic carbocycles. The third-order valence-corrected chi connectivity index (χ3v) is 2.66. The Hall–Kier alpha value is -1.42. The molecule has 2 heterocycles. The molecule has 0 bridgehead atoms. The van der Waals surface area contributed by atoms with Gasteiger partial charge in [-0.2, -0.15) is 0 Å². The summed E-state index contributed by atoms with van der Waals surface area (Å²) in [5.41, 5.74) is 0.591. The molecule has 1 N–H and O–H groups in total. The van der Waals surface area contributed by atoms with Crippen molar-refractivity contribution >= 4 is 5.78 Å². The first kappa shape index (κ1) is 10.1. The molecule has 0 spiro atoms. The Kier molecular flexibility index (Phi) is 2.97. The van der Waals surface area contributed by atoms with Gasteiger partial charge in [-0.1, -0.05) is 0 Å². The van der Waals surface area contributed by atoms with E-state index in [4.69, 9.17) is 4.74 Å². The highest BCUT2D eigenvalue weighted by atomic mass is 16.5. The normalized spacial score (nSPS) is 20.2. The van der Waals surface area contributed by atoms with E-state index in [2.05, 4.69) is 10.3 Å². The summed E-state index contributed by atoms with van der Waals surface area (Å²) in [6.07, 6.45) is 2.53. The van der Waals surface area contributed by atoms with E-state index in [9.17, 15) is 4.79 Å². The number of rotatable bonds is 3. The van der Waals surface area contributed by atoms with E-state index in [0.29, 0.717) is 11.4 Å². The van der Waals surface area contributed by atoms with Crippen LogP contribution < -0.4 is 10.1 Å². The van der Waals surface area contributed by atoms with Crippen molar-refractivity contribution in [2.24, 2.45) is 5.92 Å². The average Bonchev–Trinajstić information content (AvgIpc) is 2.81. The monoisotopic (exact) mass is 206 g/mol. The highest BCUT2D eigenvalue weighted by Crippen LogP contribution is 2.21. The third-order valence-electron chi connectivity index (χ3n) is 2.66. The molecule has 1 saturated heterocycles. The summed E-state index contributed by atoms with van der Waals surface area (Å²) in [4.78, 5) is 16.1. The zero-order valence-corrected chi connectivity index (χ0v) is 8.69. The second kappa shape index (κ2) is 4.40. The Balaban J connectivity index is 2.24. The van der Waals surface area contributed by atoms with Crippen molar-refractivity contribution in [3.05, 3.63) is 23.9 Å². The van der Waals surface area contributed by atoms with Crippen molar-refractivity contribution in [1.82, 2.24) is 10.3 Å². The summed E-state index contributed by atoms with van der Waals surface area (Å²) in [6, 6.07) is 3.53. The Morgan fingerprint density at radius 3 is 3.20 bits per heavy atom. The van der Waals surface area contributed by atoms with E-state index in [-0.39, 0.29) is 11.7 Å². The van der Waals surface area contributed by atoms with Gasteiger partial charge in [0.1, 0.15) is 0 Å². The zero-order valence-electron chi connectivity index (χ0n) is 8.69. The molecule has 0 saturated carbocycles. The van der Waals surface area contributed by atoms with Crippen molar-refractivity contribution in [1.29, 1.82) is 0 Å². The van der Waals surface area contributed by atoms with Gasteiger partial charge in [0.05, 0.1) is 12.7 Å². The van der Waals surface area contributed by atoms with Crippen molar-refractivity contribution in [3.8, 4) is 5.88 Å². The Morgan fingerprint density at radius 1 is 1.67 bits per heavy atom. The molecule has 0 radical (unpaired) electrons. The smallest absolute Gasteiger partial charge is 0.224 e. The van der Waals surface area contributed by atoms with Crippen LogP contribution in [0.1, 0.15) is 16.8 Å². The highest BCUT2D eigenvalue weighted by Gasteiger charge is 2.25. The van der Waals surface area contributed by atoms with Gasteiger partial charge >= 0.3 is 0 Å². The predicted molar refractivity (Wildman–Crippen MR) is 56.1 cm³/mol. The maximum absolute atomic E-state index is 12.1. The average molecular weight is 206 g/mol. The molecule has 1 aliphatic heterocycles. The van der Waals surface area contributed by atoms with Crippen LogP contribution in [0.4, 0.5) is 0 Å². The number of methoxy groups -OCH3 is 1. The van der Waals surface area contributed by atoms with Crippen LogP contribution in [-0.2, 0) is 0 Å². The second-order valence-corrected chi connectivity index (χ2v) is 3.61. The summed E-state index contributed by atoms with van der Waals surface area (Å²) in [5, 5.41) is 3.18. The van der Waals surface area contributed by atoms with E-state index < -0.39 is 0 Å². The van der Waals surface area contributed by atoms with E-state index in [0.717, 1.165) is 19.5 Å². The predicted octanol–water partition coefficient (Wildman–Crippen LogP) is 0.882. The lowest BCUT2D eigenvalue weighted by Gasteiger charge is -2.09. The van der Waals surface area contributed by atoms with Crippen LogP contribution in [0.15, 0.2) is 18.3 Å². The number of nitrogens with zero attached hydrogens (tertiary/aromatic N) is 1. The minimum atomic E-state index is 0.0723. The quantitative estimate of drug-likeness (QED) is 0.746. The van der Waals surface area contributed by atoms with Crippen LogP contribution in [0, 0.1) is 5.92 Å². The maximum Gasteiger partial charge on any atom is 0.224 e. The van der Waals surface area contributed by atoms with Gasteiger partial charge in [-0.3, -0.25) is 4.79 Å². The minimum absolute atomic E-state index is 0.0723. The van der Waals surface area contributed by atoms with Gasteiger partial charge in [0.2, 0.25) is 5.88 Å². The molecular formula is C11H14N2O2. The van der Waals surface area contributed by atoms with Gasteiger partial charge in [-0.15, -0.1) is 0 Å². The topological polar surface area (TPSA) is 51.2 Å². The second-order valence-electron chi connectivity index (χ2n) is 3.61. The Bertz CT molecular complexity index is 359. The molecule has 15 heavy (non-hydrogen) atoms. The van der Waals surface area contributed by atoms with Gasteiger partial charge in [0.15, 0.2) is 5.78 Å². The number of hydrogen-bond donors (Lipinski definition) is 1. The van der Waals surface area contributed by atoms with Crippen molar-refractivity contribution < 1.29 is 9.53 Å². The van der Waals surface area contributed by atoms with Crippen molar-refractivity contribution in [3.63, 3.8) is 0 Å². The number of carbonyl (C=O) groups is 1. The lowest BCUT2D eigenvalue weighted by molar-refractivity contribution is 0.0926. The van der Waals surface area contributed by atoms with E-state index in [1.807, 2.05) is 0 Å². The fourth-order valence-corrected chi connectivity index (χ4v) is 1.84. The molecule has 80 valence electrons. The number of Topliss-reactive ketones (excluding diaryl/α,β-unsaturated/α-hetero) is 1. The molecule has 4 nitrogen and oxygen atoms in total. The lowest BCUT2D eigenvalue weighted by atomic mass is 9.98. The number of ether oxygens (including phenoxy) is 1. The van der Waals surface area contributed by atoms with Crippen LogP contribution >= 0.6 is 0 Å². The largest absolute Gasteiger partial charge is 0.480 e. The molecule has 1 aromatic rings. The minimum Gasteiger partial charge on any atom is -0.480 e. The van der Waals surface area contributed by atoms with Crippen LogP contribution in [0.3, 0.4) is 0 Å². The van der Waals surface area contributed by atoms with Gasteiger partial charge in [0, 0.05) is 18.7 Å². The molecule has 0 aromatic carbocycles. The lowest BCUT2D eigenvalue weighted by Crippen LogP contribution is -2.18. The first-order chi connectivity index (χ1) is 7.33. The van der Waals surface area contributed by atoms with Crippen LogP contribution in [0.25, 0.3) is 0 Å². The molecule has 1 aromatic heterocycles. The van der Waals surface area contributed by atoms with Gasteiger partial charge in [-0.05, 0) is 25.1 Å². The maximum atomic E-state index is 12.1. The fraction of sp³-hybridized carbons (Fsp3) is 0.455. The Morgan fingerprint density at radius 2 is 2.53 bits per heavy atom. The zero-order chi connectivity index (χ0) is 10.7. The number of aromatic nitrogens is 1. The van der Waals surface area contributed by atoms with E-state index >= 15 is 0 Å². The number of nitrogens with one attached hydrogen (secondary N) is 1. The number of carbonyl (C=O) groups excluding carboxylic acids is 1. The summed E-state index contributed by atoms with van der Waals surface area (Å²) in [7, 11) is 1.53. The first-order valence-corrected chi connectivity index (χ1v) is 5.07. The summed E-state index contributed by atoms with van der Waals surface area (Å²) >= 11 is 0. The molecule has 2 rings (SSSR count). The fourth-order valence-electron chi connectivity index (χ4n) is 1.84. The number of hydrogen-bond acceptors (Lipinski definition) is 4. The summed E-state index contributed by atoms with van der Waals surface area (Å²) < 4.78 is 5.07. The SMILES string of the molecule is COc1ncccc1C(=O)C1CCNC1.